The molecule has 4 aromatic rings. The maximum Gasteiger partial charge on any atom is 0.234 e. The first-order valence-electron chi connectivity index (χ1n) is 7.80. The number of rotatable bonds is 4. The number of hydrogen-bond acceptors (Lipinski definition) is 6. The Kier molecular flexibility index (Phi) is 4.33. The van der Waals surface area contributed by atoms with Crippen LogP contribution in [0.5, 0.6) is 0 Å². The van der Waals surface area contributed by atoms with Gasteiger partial charge in [-0.3, -0.25) is 9.20 Å². The Labute approximate surface area is 156 Å². The van der Waals surface area contributed by atoms with E-state index in [0.29, 0.717) is 10.8 Å². The molecule has 1 aromatic carbocycles. The Bertz CT molecular complexity index is 1140. The number of aryl methyl sites for hydroxylation is 2. The van der Waals surface area contributed by atoms with Crippen LogP contribution < -0.4 is 5.32 Å². The maximum absolute atomic E-state index is 13.2. The van der Waals surface area contributed by atoms with Gasteiger partial charge < -0.3 is 5.32 Å². The Morgan fingerprint density at radius 2 is 2.19 bits per heavy atom. The van der Waals surface area contributed by atoms with E-state index in [-0.39, 0.29) is 11.7 Å². The summed E-state index contributed by atoms with van der Waals surface area (Å²) in [6.45, 7) is 4.10. The number of carbonyl (C=O) groups is 1. The quantitative estimate of drug-likeness (QED) is 0.539. The minimum absolute atomic E-state index is 0.136. The van der Waals surface area contributed by atoms with Crippen molar-refractivity contribution < 1.29 is 9.18 Å². The summed E-state index contributed by atoms with van der Waals surface area (Å²) >= 11 is 2.89. The number of nitrogens with zero attached hydrogens (tertiary/aromatic N) is 4. The van der Waals surface area contributed by atoms with Crippen LogP contribution in [-0.4, -0.2) is 31.2 Å². The summed E-state index contributed by atoms with van der Waals surface area (Å²) in [4.78, 5) is 18.7. The van der Waals surface area contributed by atoms with Gasteiger partial charge >= 0.3 is 0 Å². The molecule has 3 aromatic heterocycles. The predicted molar refractivity (Wildman–Crippen MR) is 101 cm³/mol. The molecule has 0 saturated carbocycles. The van der Waals surface area contributed by atoms with E-state index in [1.54, 1.807) is 34.2 Å². The van der Waals surface area contributed by atoms with Crippen molar-refractivity contribution in [1.29, 1.82) is 0 Å². The molecule has 6 nitrogen and oxygen atoms in total. The first-order valence-corrected chi connectivity index (χ1v) is 9.61. The van der Waals surface area contributed by atoms with Gasteiger partial charge in [-0.1, -0.05) is 17.8 Å². The molecule has 9 heteroatoms. The van der Waals surface area contributed by atoms with Crippen LogP contribution in [-0.2, 0) is 4.79 Å². The highest BCUT2D eigenvalue weighted by atomic mass is 32.2. The van der Waals surface area contributed by atoms with Crippen LogP contribution in [0, 0.1) is 19.7 Å². The second kappa shape index (κ2) is 6.65. The second-order valence-corrected chi connectivity index (χ2v) is 7.88. The van der Waals surface area contributed by atoms with Gasteiger partial charge in [-0.15, -0.1) is 21.5 Å². The van der Waals surface area contributed by atoms with E-state index in [1.807, 2.05) is 6.92 Å². The monoisotopic (exact) mass is 387 g/mol. The highest BCUT2D eigenvalue weighted by Crippen LogP contribution is 2.32. The zero-order chi connectivity index (χ0) is 18.3. The number of aromatic nitrogens is 4. The van der Waals surface area contributed by atoms with Crippen LogP contribution in [0.25, 0.3) is 15.9 Å². The van der Waals surface area contributed by atoms with Crippen LogP contribution in [0.1, 0.15) is 10.4 Å². The number of nitrogens with one attached hydrogen (secondary N) is 1. The van der Waals surface area contributed by atoms with E-state index in [0.717, 1.165) is 21.4 Å². The van der Waals surface area contributed by atoms with Gasteiger partial charge in [-0.2, -0.15) is 0 Å². The van der Waals surface area contributed by atoms with E-state index in [1.165, 1.54) is 28.8 Å². The average Bonchev–Trinajstić information content (AvgIpc) is 3.14. The maximum atomic E-state index is 13.2. The second-order valence-electron chi connectivity index (χ2n) is 5.73. The molecule has 0 fully saturated rings. The Morgan fingerprint density at radius 3 is 3.00 bits per heavy atom. The minimum atomic E-state index is -0.393. The minimum Gasteiger partial charge on any atom is -0.325 e. The highest BCUT2D eigenvalue weighted by molar-refractivity contribution is 7.99. The summed E-state index contributed by atoms with van der Waals surface area (Å²) in [6.07, 6.45) is 1.68. The van der Waals surface area contributed by atoms with Crippen LogP contribution in [0.3, 0.4) is 0 Å². The number of thiophene rings is 1. The van der Waals surface area contributed by atoms with Gasteiger partial charge in [0.25, 0.3) is 0 Å². The summed E-state index contributed by atoms with van der Waals surface area (Å²) in [5.41, 5.74) is 2.32. The number of carbonyl (C=O) groups excluding carboxylic acids is 1. The van der Waals surface area contributed by atoms with E-state index in [9.17, 15) is 9.18 Å². The van der Waals surface area contributed by atoms with Crippen molar-refractivity contribution in [3.63, 3.8) is 0 Å². The molecular formula is C17H14FN5OS2. The van der Waals surface area contributed by atoms with Crippen LogP contribution in [0.15, 0.2) is 35.7 Å². The van der Waals surface area contributed by atoms with Crippen molar-refractivity contribution in [2.75, 3.05) is 11.1 Å². The molecule has 0 bridgehead atoms. The van der Waals surface area contributed by atoms with Crippen LogP contribution >= 0.6 is 23.1 Å². The molecule has 3 heterocycles. The summed E-state index contributed by atoms with van der Waals surface area (Å²) in [5, 5.41) is 12.7. The molecule has 1 amide bonds. The Balaban J connectivity index is 1.54. The lowest BCUT2D eigenvalue weighted by molar-refractivity contribution is -0.113. The van der Waals surface area contributed by atoms with Gasteiger partial charge in [0.2, 0.25) is 5.91 Å². The lowest BCUT2D eigenvalue weighted by atomic mass is 10.2. The summed E-state index contributed by atoms with van der Waals surface area (Å²) in [7, 11) is 0. The Morgan fingerprint density at radius 1 is 1.35 bits per heavy atom. The first-order chi connectivity index (χ1) is 12.5. The van der Waals surface area contributed by atoms with Crippen molar-refractivity contribution in [2.45, 2.75) is 19.0 Å². The standard InChI is InChI=1S/C17H14FN5OS2/c1-9-10(2)26-16-14(9)15-21-22-17(23(15)8-19-16)25-7-13(24)20-12-5-3-4-11(18)6-12/h3-6,8H,7H2,1-2H3,(H,20,24). The summed E-state index contributed by atoms with van der Waals surface area (Å²) in [5.74, 6) is -0.499. The number of thioether (sulfide) groups is 1. The number of halogens is 1. The van der Waals surface area contributed by atoms with E-state index >= 15 is 0 Å². The smallest absolute Gasteiger partial charge is 0.234 e. The van der Waals surface area contributed by atoms with Gasteiger partial charge in [0.1, 0.15) is 17.0 Å². The van der Waals surface area contributed by atoms with E-state index in [4.69, 9.17) is 0 Å². The summed E-state index contributed by atoms with van der Waals surface area (Å²) < 4.78 is 15.0. The lowest BCUT2D eigenvalue weighted by Gasteiger charge is -2.04. The molecule has 0 aliphatic carbocycles. The Hall–Kier alpha value is -2.52. The molecule has 0 radical (unpaired) electrons. The topological polar surface area (TPSA) is 72.2 Å². The third-order valence-corrected chi connectivity index (χ3v) is 6.04. The molecule has 0 atom stereocenters. The van der Waals surface area contributed by atoms with Crippen molar-refractivity contribution in [3.8, 4) is 0 Å². The zero-order valence-corrected chi connectivity index (χ0v) is 15.6. The molecule has 1 N–H and O–H groups in total. The van der Waals surface area contributed by atoms with Crippen LogP contribution in [0.4, 0.5) is 10.1 Å². The molecule has 132 valence electrons. The number of amides is 1. The first kappa shape index (κ1) is 16.9. The fourth-order valence-electron chi connectivity index (χ4n) is 2.62. The van der Waals surface area contributed by atoms with E-state index in [2.05, 4.69) is 27.4 Å². The molecular weight excluding hydrogens is 373 g/mol. The number of fused-ring (bicyclic) bond motifs is 3. The molecule has 0 aliphatic heterocycles. The van der Waals surface area contributed by atoms with E-state index < -0.39 is 5.82 Å². The third kappa shape index (κ3) is 3.04. The molecule has 26 heavy (non-hydrogen) atoms. The van der Waals surface area contributed by atoms with Crippen LogP contribution in [0.2, 0.25) is 0 Å². The molecule has 0 aliphatic rings. The normalized spacial score (nSPS) is 11.3. The van der Waals surface area contributed by atoms with Crippen molar-refractivity contribution in [2.24, 2.45) is 0 Å². The zero-order valence-electron chi connectivity index (χ0n) is 14.0. The molecule has 0 spiro atoms. The molecule has 4 rings (SSSR count). The van der Waals surface area contributed by atoms with Crippen molar-refractivity contribution >= 4 is 50.6 Å². The highest BCUT2D eigenvalue weighted by Gasteiger charge is 2.16. The molecule has 0 saturated heterocycles. The van der Waals surface area contributed by atoms with Gasteiger partial charge in [0.15, 0.2) is 10.8 Å². The number of hydrogen-bond donors (Lipinski definition) is 1. The number of anilines is 1. The van der Waals surface area contributed by atoms with Crippen molar-refractivity contribution in [3.05, 3.63) is 46.9 Å². The fraction of sp³-hybridized carbons (Fsp3) is 0.176. The van der Waals surface area contributed by atoms with Gasteiger partial charge in [-0.25, -0.2) is 9.37 Å². The average molecular weight is 387 g/mol. The predicted octanol–water partition coefficient (Wildman–Crippen LogP) is 3.83. The molecule has 0 unspecified atom stereocenters. The lowest BCUT2D eigenvalue weighted by Crippen LogP contribution is -2.14. The number of benzene rings is 1. The van der Waals surface area contributed by atoms with Gasteiger partial charge in [0, 0.05) is 10.6 Å². The van der Waals surface area contributed by atoms with Gasteiger partial charge in [0.05, 0.1) is 11.1 Å². The van der Waals surface area contributed by atoms with Gasteiger partial charge in [-0.05, 0) is 37.6 Å². The SMILES string of the molecule is Cc1sc2ncn3c(SCC(=O)Nc4cccc(F)c4)nnc3c2c1C. The third-order valence-electron chi connectivity index (χ3n) is 3.99. The summed E-state index contributed by atoms with van der Waals surface area (Å²) in [6, 6.07) is 5.79. The largest absolute Gasteiger partial charge is 0.325 e. The van der Waals surface area contributed by atoms with Crippen molar-refractivity contribution in [1.82, 2.24) is 19.6 Å². The fourth-order valence-corrected chi connectivity index (χ4v) is 4.31.